The zero-order valence-electron chi connectivity index (χ0n) is 10.3. The third-order valence-electron chi connectivity index (χ3n) is 2.88. The molecule has 0 bridgehead atoms. The average molecular weight is 258 g/mol. The quantitative estimate of drug-likeness (QED) is 0.882. The van der Waals surface area contributed by atoms with Gasteiger partial charge < -0.3 is 15.2 Å². The first-order valence-electron chi connectivity index (χ1n) is 5.77. The Kier molecular flexibility index (Phi) is 5.09. The van der Waals surface area contributed by atoms with Crippen LogP contribution in [-0.2, 0) is 0 Å². The molecule has 0 saturated heterocycles. The predicted octanol–water partition coefficient (Wildman–Crippen LogP) is 2.93. The minimum Gasteiger partial charge on any atom is -0.493 e. The van der Waals surface area contributed by atoms with Crippen LogP contribution in [0, 0.1) is 5.92 Å². The first kappa shape index (κ1) is 14.1. The molecular weight excluding hydrogens is 238 g/mol. The fourth-order valence-electron chi connectivity index (χ4n) is 1.58. The lowest BCUT2D eigenvalue weighted by atomic mass is 10.1. The molecule has 1 aromatic carbocycles. The van der Waals surface area contributed by atoms with Gasteiger partial charge in [0.15, 0.2) is 11.5 Å². The Balaban J connectivity index is 0.00000144. The van der Waals surface area contributed by atoms with E-state index in [2.05, 4.69) is 0 Å². The minimum atomic E-state index is 0. The molecule has 3 nitrogen and oxygen atoms in total. The monoisotopic (exact) mass is 257 g/mol. The summed E-state index contributed by atoms with van der Waals surface area (Å²) in [5.41, 5.74) is 6.89. The zero-order chi connectivity index (χ0) is 11.5. The maximum Gasteiger partial charge on any atom is 0.161 e. The summed E-state index contributed by atoms with van der Waals surface area (Å²) in [5, 5.41) is 0. The molecule has 0 heterocycles. The smallest absolute Gasteiger partial charge is 0.161 e. The molecule has 0 aliphatic heterocycles. The molecule has 0 radical (unpaired) electrons. The van der Waals surface area contributed by atoms with Crippen LogP contribution in [0.2, 0.25) is 0 Å². The maximum atomic E-state index is 5.82. The van der Waals surface area contributed by atoms with Crippen molar-refractivity contribution in [2.75, 3.05) is 13.7 Å². The largest absolute Gasteiger partial charge is 0.493 e. The van der Waals surface area contributed by atoms with Crippen LogP contribution in [-0.4, -0.2) is 13.7 Å². The Morgan fingerprint density at radius 1 is 1.35 bits per heavy atom. The molecule has 96 valence electrons. The highest BCUT2D eigenvalue weighted by Crippen LogP contribution is 2.33. The Bertz CT molecular complexity index is 364. The van der Waals surface area contributed by atoms with Crippen molar-refractivity contribution < 1.29 is 9.47 Å². The van der Waals surface area contributed by atoms with E-state index >= 15 is 0 Å². The molecule has 1 unspecified atom stereocenters. The van der Waals surface area contributed by atoms with Crippen molar-refractivity contribution in [3.63, 3.8) is 0 Å². The van der Waals surface area contributed by atoms with Gasteiger partial charge in [-0.3, -0.25) is 0 Å². The number of halogens is 1. The summed E-state index contributed by atoms with van der Waals surface area (Å²) in [4.78, 5) is 0. The van der Waals surface area contributed by atoms with E-state index in [4.69, 9.17) is 15.2 Å². The number of hydrogen-bond acceptors (Lipinski definition) is 3. The highest BCUT2D eigenvalue weighted by atomic mass is 35.5. The molecule has 4 heteroatoms. The summed E-state index contributed by atoms with van der Waals surface area (Å²) in [6.07, 6.45) is 2.58. The zero-order valence-corrected chi connectivity index (χ0v) is 11.1. The number of benzene rings is 1. The summed E-state index contributed by atoms with van der Waals surface area (Å²) >= 11 is 0. The molecule has 1 fully saturated rings. The molecule has 1 saturated carbocycles. The minimum absolute atomic E-state index is 0. The van der Waals surface area contributed by atoms with Gasteiger partial charge in [0, 0.05) is 6.04 Å². The first-order chi connectivity index (χ1) is 7.70. The van der Waals surface area contributed by atoms with Crippen LogP contribution in [0.25, 0.3) is 0 Å². The Labute approximate surface area is 109 Å². The third kappa shape index (κ3) is 3.79. The van der Waals surface area contributed by atoms with E-state index in [-0.39, 0.29) is 18.4 Å². The van der Waals surface area contributed by atoms with Crippen LogP contribution in [0.15, 0.2) is 18.2 Å². The number of nitrogens with two attached hydrogens (primary N) is 1. The van der Waals surface area contributed by atoms with Gasteiger partial charge in [0.05, 0.1) is 13.7 Å². The Morgan fingerprint density at radius 3 is 2.59 bits per heavy atom. The summed E-state index contributed by atoms with van der Waals surface area (Å²) in [5.74, 6) is 2.34. The van der Waals surface area contributed by atoms with E-state index in [9.17, 15) is 0 Å². The molecule has 1 aromatic rings. The number of ether oxygens (including phenoxy) is 2. The van der Waals surface area contributed by atoms with Crippen LogP contribution in [0.3, 0.4) is 0 Å². The van der Waals surface area contributed by atoms with Gasteiger partial charge in [-0.25, -0.2) is 0 Å². The number of rotatable bonds is 5. The van der Waals surface area contributed by atoms with E-state index in [1.54, 1.807) is 7.11 Å². The van der Waals surface area contributed by atoms with Gasteiger partial charge in [-0.15, -0.1) is 12.4 Å². The topological polar surface area (TPSA) is 44.5 Å². The molecule has 17 heavy (non-hydrogen) atoms. The second-order valence-electron chi connectivity index (χ2n) is 4.45. The van der Waals surface area contributed by atoms with E-state index in [1.165, 1.54) is 12.8 Å². The Morgan fingerprint density at radius 2 is 2.06 bits per heavy atom. The van der Waals surface area contributed by atoms with Crippen molar-refractivity contribution in [2.45, 2.75) is 25.8 Å². The normalized spacial score (nSPS) is 15.9. The second kappa shape index (κ2) is 6.12. The van der Waals surface area contributed by atoms with E-state index in [1.807, 2.05) is 25.1 Å². The molecular formula is C13H20ClNO2. The van der Waals surface area contributed by atoms with Gasteiger partial charge >= 0.3 is 0 Å². The second-order valence-corrected chi connectivity index (χ2v) is 4.45. The van der Waals surface area contributed by atoms with Crippen LogP contribution >= 0.6 is 12.4 Å². The molecule has 1 aliphatic carbocycles. The summed E-state index contributed by atoms with van der Waals surface area (Å²) in [6, 6.07) is 5.91. The maximum absolute atomic E-state index is 5.82. The van der Waals surface area contributed by atoms with E-state index in [0.717, 1.165) is 29.6 Å². The fourth-order valence-corrected chi connectivity index (χ4v) is 1.58. The van der Waals surface area contributed by atoms with Crippen molar-refractivity contribution in [2.24, 2.45) is 11.7 Å². The van der Waals surface area contributed by atoms with Gasteiger partial charge in [-0.05, 0) is 43.4 Å². The van der Waals surface area contributed by atoms with Crippen molar-refractivity contribution in [1.29, 1.82) is 0 Å². The SMILES string of the molecule is COc1cc(C(C)N)ccc1OCC1CC1.Cl. The molecule has 2 rings (SSSR count). The van der Waals surface area contributed by atoms with Crippen molar-refractivity contribution in [1.82, 2.24) is 0 Å². The van der Waals surface area contributed by atoms with E-state index in [0.29, 0.717) is 0 Å². The first-order valence-corrected chi connectivity index (χ1v) is 5.77. The van der Waals surface area contributed by atoms with Gasteiger partial charge in [-0.1, -0.05) is 6.07 Å². The average Bonchev–Trinajstić information content (AvgIpc) is 3.09. The summed E-state index contributed by atoms with van der Waals surface area (Å²) < 4.78 is 11.0. The van der Waals surface area contributed by atoms with Crippen molar-refractivity contribution in [3.8, 4) is 11.5 Å². The van der Waals surface area contributed by atoms with Crippen molar-refractivity contribution >= 4 is 12.4 Å². The van der Waals surface area contributed by atoms with Crippen LogP contribution in [0.4, 0.5) is 0 Å². The van der Waals surface area contributed by atoms with Crippen LogP contribution < -0.4 is 15.2 Å². The molecule has 0 aromatic heterocycles. The highest BCUT2D eigenvalue weighted by molar-refractivity contribution is 5.85. The molecule has 0 spiro atoms. The van der Waals surface area contributed by atoms with Crippen LogP contribution in [0.1, 0.15) is 31.4 Å². The van der Waals surface area contributed by atoms with Gasteiger partial charge in [0.2, 0.25) is 0 Å². The van der Waals surface area contributed by atoms with E-state index < -0.39 is 0 Å². The third-order valence-corrected chi connectivity index (χ3v) is 2.88. The fraction of sp³-hybridized carbons (Fsp3) is 0.538. The lowest BCUT2D eigenvalue weighted by Gasteiger charge is -2.13. The molecule has 1 atom stereocenters. The Hall–Kier alpha value is -0.930. The van der Waals surface area contributed by atoms with Gasteiger partial charge in [-0.2, -0.15) is 0 Å². The lowest BCUT2D eigenvalue weighted by Crippen LogP contribution is -2.06. The number of hydrogen-bond donors (Lipinski definition) is 1. The van der Waals surface area contributed by atoms with Crippen molar-refractivity contribution in [3.05, 3.63) is 23.8 Å². The summed E-state index contributed by atoms with van der Waals surface area (Å²) in [6.45, 7) is 2.76. The summed E-state index contributed by atoms with van der Waals surface area (Å²) in [7, 11) is 1.66. The molecule has 0 amide bonds. The lowest BCUT2D eigenvalue weighted by molar-refractivity contribution is 0.280. The van der Waals surface area contributed by atoms with Gasteiger partial charge in [0.25, 0.3) is 0 Å². The molecule has 2 N–H and O–H groups in total. The highest BCUT2D eigenvalue weighted by Gasteiger charge is 2.22. The van der Waals surface area contributed by atoms with Gasteiger partial charge in [0.1, 0.15) is 0 Å². The predicted molar refractivity (Wildman–Crippen MR) is 71.1 cm³/mol. The van der Waals surface area contributed by atoms with Crippen LogP contribution in [0.5, 0.6) is 11.5 Å². The number of methoxy groups -OCH3 is 1. The molecule has 1 aliphatic rings. The standard InChI is InChI=1S/C13H19NO2.ClH/c1-9(14)11-5-6-12(13(7-11)15-2)16-8-10-3-4-10;/h5-7,9-10H,3-4,8,14H2,1-2H3;1H.